The van der Waals surface area contributed by atoms with Gasteiger partial charge in [-0.25, -0.2) is 0 Å². The summed E-state index contributed by atoms with van der Waals surface area (Å²) in [4.78, 5) is 11.4. The highest BCUT2D eigenvalue weighted by molar-refractivity contribution is 5.97. The second kappa shape index (κ2) is 6.40. The third-order valence-corrected chi connectivity index (χ3v) is 1.72. The number of hydrogen-bond donors (Lipinski definition) is 2. The zero-order valence-electron chi connectivity index (χ0n) is 7.99. The molecule has 0 aromatic heterocycles. The lowest BCUT2D eigenvalue weighted by Crippen LogP contribution is -2.22. The van der Waals surface area contributed by atoms with Gasteiger partial charge in [-0.2, -0.15) is 0 Å². The number of rotatable bonds is 4. The number of carbonyl (C=O) groups excluding carboxylic acids is 1. The Hall–Kier alpha value is -1.06. The van der Waals surface area contributed by atoms with Crippen molar-refractivity contribution >= 4 is 18.2 Å². The van der Waals surface area contributed by atoms with E-state index < -0.39 is 0 Å². The molecule has 0 radical (unpaired) electrons. The van der Waals surface area contributed by atoms with Crippen molar-refractivity contribution in [3.8, 4) is 5.75 Å². The van der Waals surface area contributed by atoms with Crippen LogP contribution >= 0.6 is 12.4 Å². The number of likely N-dealkylation sites (N-methyl/N-ethyl adjacent to an activating group) is 1. The third kappa shape index (κ3) is 3.77. The summed E-state index contributed by atoms with van der Waals surface area (Å²) >= 11 is 0. The summed E-state index contributed by atoms with van der Waals surface area (Å²) < 4.78 is 0. The van der Waals surface area contributed by atoms with Crippen molar-refractivity contribution in [3.63, 3.8) is 0 Å². The van der Waals surface area contributed by atoms with Gasteiger partial charge in [0.25, 0.3) is 0 Å². The van der Waals surface area contributed by atoms with Crippen molar-refractivity contribution < 1.29 is 9.90 Å². The van der Waals surface area contributed by atoms with Gasteiger partial charge in [0.2, 0.25) is 0 Å². The molecule has 0 aliphatic rings. The summed E-state index contributed by atoms with van der Waals surface area (Å²) in [6, 6.07) is 6.27. The van der Waals surface area contributed by atoms with E-state index in [4.69, 9.17) is 5.11 Å². The molecule has 1 rings (SSSR count). The van der Waals surface area contributed by atoms with Crippen molar-refractivity contribution in [2.45, 2.75) is 6.92 Å². The Morgan fingerprint density at radius 1 is 1.36 bits per heavy atom. The minimum Gasteiger partial charge on any atom is -0.508 e. The molecule has 0 aliphatic carbocycles. The van der Waals surface area contributed by atoms with Crippen LogP contribution in [0.15, 0.2) is 24.3 Å². The Labute approximate surface area is 89.5 Å². The van der Waals surface area contributed by atoms with Gasteiger partial charge in [-0.15, -0.1) is 12.4 Å². The minimum absolute atomic E-state index is 0. The fraction of sp³-hybridized carbons (Fsp3) is 0.300. The molecule has 4 heteroatoms. The largest absolute Gasteiger partial charge is 0.508 e. The summed E-state index contributed by atoms with van der Waals surface area (Å²) in [7, 11) is 0. The first kappa shape index (κ1) is 12.9. The van der Waals surface area contributed by atoms with Gasteiger partial charge in [0.15, 0.2) is 5.78 Å². The molecule has 1 aromatic rings. The summed E-state index contributed by atoms with van der Waals surface area (Å²) in [6.45, 7) is 3.08. The van der Waals surface area contributed by atoms with Crippen LogP contribution in [0, 0.1) is 0 Å². The van der Waals surface area contributed by atoms with Crippen molar-refractivity contribution in [3.05, 3.63) is 29.8 Å². The molecule has 0 heterocycles. The quantitative estimate of drug-likeness (QED) is 0.751. The van der Waals surface area contributed by atoms with Gasteiger partial charge in [0, 0.05) is 5.56 Å². The Kier molecular flexibility index (Phi) is 5.92. The van der Waals surface area contributed by atoms with Crippen LogP contribution in [0.1, 0.15) is 17.3 Å². The van der Waals surface area contributed by atoms with Crippen molar-refractivity contribution in [1.29, 1.82) is 0 Å². The topological polar surface area (TPSA) is 49.3 Å². The van der Waals surface area contributed by atoms with E-state index in [-0.39, 0.29) is 23.9 Å². The normalized spacial score (nSPS) is 9.21. The highest BCUT2D eigenvalue weighted by atomic mass is 35.5. The molecule has 0 fully saturated rings. The van der Waals surface area contributed by atoms with E-state index in [2.05, 4.69) is 5.32 Å². The number of Topliss-reactive ketones (excluding diaryl/α,β-unsaturated/α-hetero) is 1. The predicted octanol–water partition coefficient (Wildman–Crippen LogP) is 1.61. The molecule has 0 atom stereocenters. The molecule has 0 saturated heterocycles. The van der Waals surface area contributed by atoms with Crippen LogP contribution in [-0.4, -0.2) is 24.0 Å². The molecule has 14 heavy (non-hydrogen) atoms. The zero-order valence-corrected chi connectivity index (χ0v) is 8.80. The first-order valence-electron chi connectivity index (χ1n) is 4.27. The van der Waals surface area contributed by atoms with Crippen LogP contribution in [0.3, 0.4) is 0 Å². The van der Waals surface area contributed by atoms with Crippen LogP contribution in [0.4, 0.5) is 0 Å². The van der Waals surface area contributed by atoms with E-state index in [0.29, 0.717) is 12.1 Å². The lowest BCUT2D eigenvalue weighted by Gasteiger charge is -2.01. The Morgan fingerprint density at radius 2 is 1.93 bits per heavy atom. The number of aromatic hydroxyl groups is 1. The highest BCUT2D eigenvalue weighted by Crippen LogP contribution is 2.09. The molecule has 0 amide bonds. The second-order valence-electron chi connectivity index (χ2n) is 2.75. The molecule has 3 nitrogen and oxygen atoms in total. The third-order valence-electron chi connectivity index (χ3n) is 1.72. The molecule has 0 unspecified atom stereocenters. The van der Waals surface area contributed by atoms with Crippen LogP contribution in [0.2, 0.25) is 0 Å². The van der Waals surface area contributed by atoms with Gasteiger partial charge in [-0.05, 0) is 30.8 Å². The standard InChI is InChI=1S/C10H13NO2.ClH/c1-2-11-7-10(13)8-3-5-9(12)6-4-8;/h3-6,11-12H,2,7H2,1H3;1H. The SMILES string of the molecule is CCNCC(=O)c1ccc(O)cc1.Cl. The average Bonchev–Trinajstić information content (AvgIpc) is 2.15. The molecule has 0 spiro atoms. The van der Waals surface area contributed by atoms with Crippen LogP contribution < -0.4 is 5.32 Å². The minimum atomic E-state index is 0. The molecular weight excluding hydrogens is 202 g/mol. The van der Waals surface area contributed by atoms with E-state index in [0.717, 1.165) is 6.54 Å². The summed E-state index contributed by atoms with van der Waals surface area (Å²) in [5, 5.41) is 11.9. The highest BCUT2D eigenvalue weighted by Gasteiger charge is 2.03. The van der Waals surface area contributed by atoms with E-state index in [1.54, 1.807) is 12.1 Å². The lowest BCUT2D eigenvalue weighted by atomic mass is 10.1. The first-order valence-corrected chi connectivity index (χ1v) is 4.27. The van der Waals surface area contributed by atoms with Crippen LogP contribution in [0.25, 0.3) is 0 Å². The molecule has 0 saturated carbocycles. The maximum Gasteiger partial charge on any atom is 0.176 e. The maximum atomic E-state index is 11.4. The average molecular weight is 216 g/mol. The molecular formula is C10H14ClNO2. The molecule has 78 valence electrons. The zero-order chi connectivity index (χ0) is 9.68. The fourth-order valence-electron chi connectivity index (χ4n) is 0.988. The Morgan fingerprint density at radius 3 is 2.43 bits per heavy atom. The second-order valence-corrected chi connectivity index (χ2v) is 2.75. The number of carbonyl (C=O) groups is 1. The fourth-order valence-corrected chi connectivity index (χ4v) is 0.988. The van der Waals surface area contributed by atoms with Gasteiger partial charge in [-0.1, -0.05) is 6.92 Å². The van der Waals surface area contributed by atoms with Crippen molar-refractivity contribution in [2.24, 2.45) is 0 Å². The van der Waals surface area contributed by atoms with Gasteiger partial charge in [-0.3, -0.25) is 4.79 Å². The number of phenolic OH excluding ortho intramolecular Hbond substituents is 1. The number of phenols is 1. The lowest BCUT2D eigenvalue weighted by molar-refractivity contribution is 0.0992. The molecule has 0 aliphatic heterocycles. The Balaban J connectivity index is 0.00000169. The number of nitrogens with one attached hydrogen (secondary N) is 1. The first-order chi connectivity index (χ1) is 6.24. The monoisotopic (exact) mass is 215 g/mol. The van der Waals surface area contributed by atoms with Crippen LogP contribution in [-0.2, 0) is 0 Å². The van der Waals surface area contributed by atoms with E-state index in [9.17, 15) is 4.79 Å². The Bertz CT molecular complexity index is 285. The molecule has 0 bridgehead atoms. The number of hydrogen-bond acceptors (Lipinski definition) is 3. The van der Waals surface area contributed by atoms with Crippen molar-refractivity contribution in [2.75, 3.05) is 13.1 Å². The van der Waals surface area contributed by atoms with Gasteiger partial charge < -0.3 is 10.4 Å². The summed E-state index contributed by atoms with van der Waals surface area (Å²) in [5.74, 6) is 0.224. The van der Waals surface area contributed by atoms with Crippen molar-refractivity contribution in [1.82, 2.24) is 5.32 Å². The number of halogens is 1. The number of ketones is 1. The van der Waals surface area contributed by atoms with E-state index in [1.165, 1.54) is 12.1 Å². The molecule has 1 aromatic carbocycles. The van der Waals surface area contributed by atoms with Gasteiger partial charge >= 0.3 is 0 Å². The predicted molar refractivity (Wildman–Crippen MR) is 58.2 cm³/mol. The van der Waals surface area contributed by atoms with Gasteiger partial charge in [0.05, 0.1) is 6.54 Å². The van der Waals surface area contributed by atoms with E-state index >= 15 is 0 Å². The summed E-state index contributed by atoms with van der Waals surface area (Å²) in [5.41, 5.74) is 0.624. The molecule has 2 N–H and O–H groups in total. The smallest absolute Gasteiger partial charge is 0.176 e. The maximum absolute atomic E-state index is 11.4. The summed E-state index contributed by atoms with van der Waals surface area (Å²) in [6.07, 6.45) is 0. The van der Waals surface area contributed by atoms with Crippen LogP contribution in [0.5, 0.6) is 5.75 Å². The van der Waals surface area contributed by atoms with Gasteiger partial charge in [0.1, 0.15) is 5.75 Å². The number of benzene rings is 1. The van der Waals surface area contributed by atoms with E-state index in [1.807, 2.05) is 6.92 Å².